The van der Waals surface area contributed by atoms with Crippen LogP contribution in [0.4, 0.5) is 0 Å². The van der Waals surface area contributed by atoms with Gasteiger partial charge in [0.2, 0.25) is 5.91 Å². The quantitative estimate of drug-likeness (QED) is 0.698. The molecule has 0 bridgehead atoms. The molecule has 1 unspecified atom stereocenters. The molecule has 27 heavy (non-hydrogen) atoms. The van der Waals surface area contributed by atoms with Crippen LogP contribution in [-0.4, -0.2) is 33.4 Å². The van der Waals surface area contributed by atoms with Crippen molar-refractivity contribution >= 4 is 5.91 Å². The molecule has 138 valence electrons. The minimum absolute atomic E-state index is 0.213. The molecule has 1 fully saturated rings. The molecule has 0 spiro atoms. The lowest BCUT2D eigenvalue weighted by molar-refractivity contribution is -0.132. The molecule has 4 nitrogen and oxygen atoms in total. The lowest BCUT2D eigenvalue weighted by atomic mass is 10.0. The van der Waals surface area contributed by atoms with E-state index in [1.807, 2.05) is 59.6 Å². The predicted molar refractivity (Wildman–Crippen MR) is 107 cm³/mol. The highest BCUT2D eigenvalue weighted by Gasteiger charge is 2.27. The summed E-state index contributed by atoms with van der Waals surface area (Å²) in [6.07, 6.45) is 4.51. The molecular formula is C23H25N3O. The zero-order chi connectivity index (χ0) is 18.6. The summed E-state index contributed by atoms with van der Waals surface area (Å²) in [5.74, 6) is 1.21. The Hall–Kier alpha value is -2.88. The number of hydrogen-bond donors (Lipinski definition) is 0. The summed E-state index contributed by atoms with van der Waals surface area (Å²) in [6, 6.07) is 20.6. The van der Waals surface area contributed by atoms with Crippen molar-refractivity contribution in [1.29, 1.82) is 0 Å². The van der Waals surface area contributed by atoms with Gasteiger partial charge in [-0.25, -0.2) is 4.98 Å². The third-order valence-corrected chi connectivity index (χ3v) is 5.33. The fraction of sp³-hybridized carbons (Fsp3) is 0.304. The Morgan fingerprint density at radius 2 is 1.78 bits per heavy atom. The van der Waals surface area contributed by atoms with Crippen LogP contribution in [0.25, 0.3) is 11.4 Å². The van der Waals surface area contributed by atoms with Crippen molar-refractivity contribution in [2.45, 2.75) is 32.2 Å². The second kappa shape index (κ2) is 7.78. The molecule has 1 aromatic heterocycles. The second-order valence-electron chi connectivity index (χ2n) is 7.26. The van der Waals surface area contributed by atoms with Crippen molar-refractivity contribution in [3.63, 3.8) is 0 Å². The summed E-state index contributed by atoms with van der Waals surface area (Å²) in [5.41, 5.74) is 3.35. The minimum atomic E-state index is 0.213. The average molecular weight is 359 g/mol. The second-order valence-corrected chi connectivity index (χ2v) is 7.26. The standard InChI is InChI=1S/C23H25N3O/c1-18-16-24-23(20-11-6-3-7-12-20)26(18)21-13-8-14-25(17-21)22(27)15-19-9-4-2-5-10-19/h2-7,9-12,16,21H,8,13-15,17H2,1H3. The highest BCUT2D eigenvalue weighted by atomic mass is 16.2. The normalized spacial score (nSPS) is 17.1. The zero-order valence-corrected chi connectivity index (χ0v) is 15.7. The van der Waals surface area contributed by atoms with Gasteiger partial charge in [-0.2, -0.15) is 0 Å². The van der Waals surface area contributed by atoms with Crippen molar-refractivity contribution in [3.8, 4) is 11.4 Å². The molecule has 1 aliphatic heterocycles. The summed E-state index contributed by atoms with van der Waals surface area (Å²) in [7, 11) is 0. The largest absolute Gasteiger partial charge is 0.340 e. The van der Waals surface area contributed by atoms with Gasteiger partial charge in [0, 0.05) is 30.5 Å². The van der Waals surface area contributed by atoms with Crippen LogP contribution in [0.15, 0.2) is 66.9 Å². The Balaban J connectivity index is 1.54. The molecule has 0 saturated carbocycles. The van der Waals surface area contributed by atoms with Crippen LogP contribution in [-0.2, 0) is 11.2 Å². The van der Waals surface area contributed by atoms with E-state index in [-0.39, 0.29) is 11.9 Å². The maximum atomic E-state index is 12.8. The van der Waals surface area contributed by atoms with Crippen molar-refractivity contribution < 1.29 is 4.79 Å². The molecule has 3 aromatic rings. The van der Waals surface area contributed by atoms with Gasteiger partial charge in [-0.05, 0) is 25.3 Å². The molecule has 4 heteroatoms. The summed E-state index contributed by atoms with van der Waals surface area (Å²) in [4.78, 5) is 19.5. The van der Waals surface area contributed by atoms with Gasteiger partial charge >= 0.3 is 0 Å². The van der Waals surface area contributed by atoms with Crippen LogP contribution >= 0.6 is 0 Å². The number of carbonyl (C=O) groups is 1. The predicted octanol–water partition coefficient (Wildman–Crippen LogP) is 4.26. The smallest absolute Gasteiger partial charge is 0.227 e. The SMILES string of the molecule is Cc1cnc(-c2ccccc2)n1C1CCCN(C(=O)Cc2ccccc2)C1. The monoisotopic (exact) mass is 359 g/mol. The van der Waals surface area contributed by atoms with Crippen molar-refractivity contribution in [2.24, 2.45) is 0 Å². The summed E-state index contributed by atoms with van der Waals surface area (Å²) < 4.78 is 2.32. The number of amides is 1. The van der Waals surface area contributed by atoms with Crippen LogP contribution in [0, 0.1) is 6.92 Å². The van der Waals surface area contributed by atoms with Gasteiger partial charge in [0.1, 0.15) is 5.82 Å². The van der Waals surface area contributed by atoms with Crippen LogP contribution < -0.4 is 0 Å². The van der Waals surface area contributed by atoms with Gasteiger partial charge in [-0.15, -0.1) is 0 Å². The fourth-order valence-corrected chi connectivity index (χ4v) is 3.98. The highest BCUT2D eigenvalue weighted by Crippen LogP contribution is 2.29. The number of benzene rings is 2. The Kier molecular flexibility index (Phi) is 5.05. The van der Waals surface area contributed by atoms with E-state index in [9.17, 15) is 4.79 Å². The molecule has 1 aliphatic rings. The van der Waals surface area contributed by atoms with Gasteiger partial charge in [-0.1, -0.05) is 60.7 Å². The Morgan fingerprint density at radius 1 is 1.07 bits per heavy atom. The molecule has 2 aromatic carbocycles. The average Bonchev–Trinajstić information content (AvgIpc) is 3.11. The van der Waals surface area contributed by atoms with Gasteiger partial charge in [0.15, 0.2) is 0 Å². The molecule has 4 rings (SSSR count). The topological polar surface area (TPSA) is 38.1 Å². The van der Waals surface area contributed by atoms with Crippen molar-refractivity contribution in [1.82, 2.24) is 14.5 Å². The number of carbonyl (C=O) groups excluding carboxylic acids is 1. The van der Waals surface area contributed by atoms with Gasteiger partial charge < -0.3 is 9.47 Å². The summed E-state index contributed by atoms with van der Waals surface area (Å²) in [5, 5.41) is 0. The molecular weight excluding hydrogens is 334 g/mol. The van der Waals surface area contributed by atoms with E-state index in [2.05, 4.69) is 28.6 Å². The number of piperidine rings is 1. The summed E-state index contributed by atoms with van der Waals surface area (Å²) in [6.45, 7) is 3.70. The molecule has 2 heterocycles. The van der Waals surface area contributed by atoms with E-state index in [0.29, 0.717) is 6.42 Å². The number of aromatic nitrogens is 2. The number of likely N-dealkylation sites (tertiary alicyclic amines) is 1. The molecule has 1 amide bonds. The zero-order valence-electron chi connectivity index (χ0n) is 15.7. The first-order valence-electron chi connectivity index (χ1n) is 9.63. The Morgan fingerprint density at radius 3 is 2.52 bits per heavy atom. The third kappa shape index (κ3) is 3.80. The van der Waals surface area contributed by atoms with E-state index < -0.39 is 0 Å². The number of rotatable bonds is 4. The Labute approximate surface area is 160 Å². The van der Waals surface area contributed by atoms with Crippen LogP contribution in [0.3, 0.4) is 0 Å². The fourth-order valence-electron chi connectivity index (χ4n) is 3.98. The van der Waals surface area contributed by atoms with Crippen LogP contribution in [0.1, 0.15) is 30.1 Å². The number of imidazole rings is 1. The van der Waals surface area contributed by atoms with E-state index in [0.717, 1.165) is 48.6 Å². The number of nitrogens with zero attached hydrogens (tertiary/aromatic N) is 3. The lowest BCUT2D eigenvalue weighted by Crippen LogP contribution is -2.41. The van der Waals surface area contributed by atoms with Crippen LogP contribution in [0.2, 0.25) is 0 Å². The van der Waals surface area contributed by atoms with Gasteiger partial charge in [0.05, 0.1) is 12.5 Å². The van der Waals surface area contributed by atoms with Gasteiger partial charge in [0.25, 0.3) is 0 Å². The number of aryl methyl sites for hydroxylation is 1. The van der Waals surface area contributed by atoms with Crippen molar-refractivity contribution in [2.75, 3.05) is 13.1 Å². The highest BCUT2D eigenvalue weighted by molar-refractivity contribution is 5.78. The maximum absolute atomic E-state index is 12.8. The molecule has 1 atom stereocenters. The summed E-state index contributed by atoms with van der Waals surface area (Å²) >= 11 is 0. The van der Waals surface area contributed by atoms with Crippen LogP contribution in [0.5, 0.6) is 0 Å². The Bertz CT molecular complexity index is 902. The van der Waals surface area contributed by atoms with Gasteiger partial charge in [-0.3, -0.25) is 4.79 Å². The van der Waals surface area contributed by atoms with E-state index in [1.165, 1.54) is 0 Å². The van der Waals surface area contributed by atoms with Crippen molar-refractivity contribution in [3.05, 3.63) is 78.1 Å². The molecule has 0 radical (unpaired) electrons. The molecule has 0 N–H and O–H groups in total. The first kappa shape index (κ1) is 17.5. The van der Waals surface area contributed by atoms with E-state index in [4.69, 9.17) is 0 Å². The lowest BCUT2D eigenvalue weighted by Gasteiger charge is -2.35. The van der Waals surface area contributed by atoms with E-state index in [1.54, 1.807) is 0 Å². The molecule has 1 saturated heterocycles. The first-order chi connectivity index (χ1) is 13.2. The number of hydrogen-bond acceptors (Lipinski definition) is 2. The maximum Gasteiger partial charge on any atom is 0.227 e. The molecule has 0 aliphatic carbocycles. The minimum Gasteiger partial charge on any atom is -0.340 e. The third-order valence-electron chi connectivity index (χ3n) is 5.33. The van der Waals surface area contributed by atoms with E-state index >= 15 is 0 Å². The first-order valence-corrected chi connectivity index (χ1v) is 9.63.